The summed E-state index contributed by atoms with van der Waals surface area (Å²) in [6, 6.07) is 0. The van der Waals surface area contributed by atoms with Gasteiger partial charge in [-0.15, -0.1) is 10.2 Å². The highest BCUT2D eigenvalue weighted by molar-refractivity contribution is 4.92. The van der Waals surface area contributed by atoms with Gasteiger partial charge in [-0.05, 0) is 7.05 Å². The Morgan fingerprint density at radius 3 is 2.72 bits per heavy atom. The molecule has 0 saturated heterocycles. The summed E-state index contributed by atoms with van der Waals surface area (Å²) in [5.41, 5.74) is 0. The Morgan fingerprint density at radius 2 is 2.11 bits per heavy atom. The minimum absolute atomic E-state index is 0.675. The zero-order valence-electron chi connectivity index (χ0n) is 11.1. The summed E-state index contributed by atoms with van der Waals surface area (Å²) in [5, 5.41) is 7.96. The number of aromatic nitrogens is 4. The topological polar surface area (TPSA) is 60.0 Å². The van der Waals surface area contributed by atoms with Gasteiger partial charge in [-0.2, -0.15) is 0 Å². The number of aryl methyl sites for hydroxylation is 2. The van der Waals surface area contributed by atoms with Crippen LogP contribution in [0.15, 0.2) is 16.8 Å². The first-order valence-electron chi connectivity index (χ1n) is 6.15. The lowest BCUT2D eigenvalue weighted by Gasteiger charge is -2.13. The van der Waals surface area contributed by atoms with Crippen molar-refractivity contribution in [2.24, 2.45) is 7.05 Å². The minimum Gasteiger partial charge on any atom is -0.424 e. The van der Waals surface area contributed by atoms with Crippen LogP contribution >= 0.6 is 0 Å². The first kappa shape index (κ1) is 12.8. The Bertz CT molecular complexity index is 490. The van der Waals surface area contributed by atoms with E-state index in [1.54, 1.807) is 0 Å². The Labute approximate surface area is 107 Å². The lowest BCUT2D eigenvalue weighted by Crippen LogP contribution is -2.22. The fourth-order valence-corrected chi connectivity index (χ4v) is 1.73. The third-order valence-corrected chi connectivity index (χ3v) is 2.85. The maximum Gasteiger partial charge on any atom is 0.230 e. The van der Waals surface area contributed by atoms with Crippen molar-refractivity contribution in [3.05, 3.63) is 30.0 Å². The normalized spacial score (nSPS) is 11.3. The highest BCUT2D eigenvalue weighted by Gasteiger charge is 2.08. The SMILES string of the molecule is CCc1nnc(CN(C)CCc2nccn2C)o1. The third-order valence-electron chi connectivity index (χ3n) is 2.85. The van der Waals surface area contributed by atoms with Gasteiger partial charge in [0, 0.05) is 38.8 Å². The van der Waals surface area contributed by atoms with Crippen molar-refractivity contribution in [3.63, 3.8) is 0 Å². The summed E-state index contributed by atoms with van der Waals surface area (Å²) >= 11 is 0. The largest absolute Gasteiger partial charge is 0.424 e. The standard InChI is InChI=1S/C12H19N5O/c1-4-11-14-15-12(18-11)9-16(2)7-5-10-13-6-8-17(10)3/h6,8H,4-5,7,9H2,1-3H3. The molecule has 0 unspecified atom stereocenters. The number of rotatable bonds is 6. The summed E-state index contributed by atoms with van der Waals surface area (Å²) in [4.78, 5) is 6.45. The molecule has 18 heavy (non-hydrogen) atoms. The van der Waals surface area contributed by atoms with Crippen LogP contribution in [0.3, 0.4) is 0 Å². The van der Waals surface area contributed by atoms with Crippen LogP contribution in [0.5, 0.6) is 0 Å². The molecule has 6 nitrogen and oxygen atoms in total. The molecule has 0 bridgehead atoms. The molecule has 0 amide bonds. The van der Waals surface area contributed by atoms with E-state index in [4.69, 9.17) is 4.42 Å². The van der Waals surface area contributed by atoms with Crippen LogP contribution in [0.1, 0.15) is 24.5 Å². The average molecular weight is 249 g/mol. The minimum atomic E-state index is 0.675. The molecular weight excluding hydrogens is 230 g/mol. The van der Waals surface area contributed by atoms with Crippen LogP contribution < -0.4 is 0 Å². The van der Waals surface area contributed by atoms with E-state index < -0.39 is 0 Å². The van der Waals surface area contributed by atoms with E-state index in [-0.39, 0.29) is 0 Å². The van der Waals surface area contributed by atoms with Gasteiger partial charge in [0.1, 0.15) is 5.82 Å². The Balaban J connectivity index is 1.81. The summed E-state index contributed by atoms with van der Waals surface area (Å²) in [7, 11) is 4.05. The van der Waals surface area contributed by atoms with Crippen LogP contribution in [-0.4, -0.2) is 38.2 Å². The predicted molar refractivity (Wildman–Crippen MR) is 66.9 cm³/mol. The van der Waals surface area contributed by atoms with E-state index in [1.807, 2.05) is 38.0 Å². The molecule has 0 aliphatic rings. The van der Waals surface area contributed by atoms with Crippen molar-refractivity contribution < 1.29 is 4.42 Å². The van der Waals surface area contributed by atoms with Crippen molar-refractivity contribution >= 4 is 0 Å². The molecule has 6 heteroatoms. The Morgan fingerprint density at radius 1 is 1.33 bits per heavy atom. The molecule has 0 radical (unpaired) electrons. The van der Waals surface area contributed by atoms with Crippen molar-refractivity contribution in [2.45, 2.75) is 26.3 Å². The van der Waals surface area contributed by atoms with Gasteiger partial charge in [-0.1, -0.05) is 6.92 Å². The van der Waals surface area contributed by atoms with Crippen LogP contribution in [-0.2, 0) is 26.4 Å². The molecule has 2 rings (SSSR count). The summed E-state index contributed by atoms with van der Waals surface area (Å²) in [6.45, 7) is 3.59. The molecule has 0 fully saturated rings. The van der Waals surface area contributed by atoms with E-state index in [9.17, 15) is 0 Å². The number of imidazole rings is 1. The molecule has 0 aromatic carbocycles. The molecule has 0 atom stereocenters. The van der Waals surface area contributed by atoms with Crippen molar-refractivity contribution in [2.75, 3.05) is 13.6 Å². The number of hydrogen-bond acceptors (Lipinski definition) is 5. The summed E-state index contributed by atoms with van der Waals surface area (Å²) in [5.74, 6) is 2.46. The number of nitrogens with zero attached hydrogens (tertiary/aromatic N) is 5. The molecule has 0 spiro atoms. The highest BCUT2D eigenvalue weighted by atomic mass is 16.4. The number of hydrogen-bond donors (Lipinski definition) is 0. The third kappa shape index (κ3) is 3.16. The van der Waals surface area contributed by atoms with Gasteiger partial charge in [0.15, 0.2) is 0 Å². The van der Waals surface area contributed by atoms with Crippen LogP contribution in [0, 0.1) is 0 Å². The highest BCUT2D eigenvalue weighted by Crippen LogP contribution is 2.04. The van der Waals surface area contributed by atoms with Crippen LogP contribution in [0.25, 0.3) is 0 Å². The molecule has 0 saturated carbocycles. The molecule has 2 aromatic heterocycles. The molecule has 98 valence electrons. The summed E-state index contributed by atoms with van der Waals surface area (Å²) < 4.78 is 7.52. The number of likely N-dealkylation sites (N-methyl/N-ethyl adjacent to an activating group) is 1. The zero-order chi connectivity index (χ0) is 13.0. The van der Waals surface area contributed by atoms with Gasteiger partial charge >= 0.3 is 0 Å². The van der Waals surface area contributed by atoms with Gasteiger partial charge in [0.25, 0.3) is 0 Å². The van der Waals surface area contributed by atoms with Crippen molar-refractivity contribution in [1.29, 1.82) is 0 Å². The predicted octanol–water partition coefficient (Wildman–Crippen LogP) is 1.04. The lowest BCUT2D eigenvalue weighted by atomic mass is 10.3. The van der Waals surface area contributed by atoms with Crippen molar-refractivity contribution in [1.82, 2.24) is 24.6 Å². The van der Waals surface area contributed by atoms with E-state index in [1.165, 1.54) is 0 Å². The first-order valence-corrected chi connectivity index (χ1v) is 6.15. The molecular formula is C12H19N5O. The summed E-state index contributed by atoms with van der Waals surface area (Å²) in [6.07, 6.45) is 5.47. The second-order valence-corrected chi connectivity index (χ2v) is 4.39. The van der Waals surface area contributed by atoms with Gasteiger partial charge in [0.05, 0.1) is 6.54 Å². The maximum absolute atomic E-state index is 5.48. The second kappa shape index (κ2) is 5.77. The van der Waals surface area contributed by atoms with E-state index in [0.717, 1.165) is 25.2 Å². The molecule has 2 aromatic rings. The average Bonchev–Trinajstić information content (AvgIpc) is 2.96. The van der Waals surface area contributed by atoms with Crippen LogP contribution in [0.2, 0.25) is 0 Å². The van der Waals surface area contributed by atoms with Gasteiger partial charge in [-0.25, -0.2) is 4.98 Å². The van der Waals surface area contributed by atoms with E-state index in [0.29, 0.717) is 18.3 Å². The van der Waals surface area contributed by atoms with Gasteiger partial charge in [0.2, 0.25) is 11.8 Å². The Hall–Kier alpha value is -1.69. The first-order chi connectivity index (χ1) is 8.69. The van der Waals surface area contributed by atoms with Gasteiger partial charge < -0.3 is 8.98 Å². The lowest BCUT2D eigenvalue weighted by molar-refractivity contribution is 0.285. The van der Waals surface area contributed by atoms with E-state index in [2.05, 4.69) is 20.1 Å². The fraction of sp³-hybridized carbons (Fsp3) is 0.583. The maximum atomic E-state index is 5.48. The molecule has 0 N–H and O–H groups in total. The zero-order valence-corrected chi connectivity index (χ0v) is 11.1. The van der Waals surface area contributed by atoms with Gasteiger partial charge in [-0.3, -0.25) is 4.90 Å². The monoisotopic (exact) mass is 249 g/mol. The quantitative estimate of drug-likeness (QED) is 0.765. The van der Waals surface area contributed by atoms with Crippen molar-refractivity contribution in [3.8, 4) is 0 Å². The Kier molecular flexibility index (Phi) is 4.09. The molecule has 2 heterocycles. The second-order valence-electron chi connectivity index (χ2n) is 4.39. The molecule has 0 aliphatic heterocycles. The van der Waals surface area contributed by atoms with Crippen LogP contribution in [0.4, 0.5) is 0 Å². The fourth-order valence-electron chi connectivity index (χ4n) is 1.73. The smallest absolute Gasteiger partial charge is 0.230 e. The molecule has 0 aliphatic carbocycles. The van der Waals surface area contributed by atoms with E-state index >= 15 is 0 Å².